The van der Waals surface area contributed by atoms with E-state index in [4.69, 9.17) is 9.72 Å². The van der Waals surface area contributed by atoms with E-state index in [0.29, 0.717) is 5.92 Å². The van der Waals surface area contributed by atoms with Crippen LogP contribution in [0, 0.1) is 5.92 Å². The van der Waals surface area contributed by atoms with E-state index < -0.39 is 0 Å². The second kappa shape index (κ2) is 7.56. The number of ether oxygens (including phenoxy) is 1. The quantitative estimate of drug-likeness (QED) is 0.701. The molecule has 2 N–H and O–H groups in total. The molecule has 6 heteroatoms. The molecule has 2 aromatic heterocycles. The third kappa shape index (κ3) is 4.06. The van der Waals surface area contributed by atoms with Crippen LogP contribution in [0.15, 0.2) is 30.3 Å². The fourth-order valence-electron chi connectivity index (χ4n) is 3.62. The van der Waals surface area contributed by atoms with Crippen molar-refractivity contribution in [1.82, 2.24) is 25.1 Å². The Morgan fingerprint density at radius 3 is 2.78 bits per heavy atom. The van der Waals surface area contributed by atoms with Crippen LogP contribution in [0.3, 0.4) is 0 Å². The number of benzene rings is 1. The van der Waals surface area contributed by atoms with Crippen LogP contribution in [0.2, 0.25) is 0 Å². The molecule has 27 heavy (non-hydrogen) atoms. The average Bonchev–Trinajstić information content (AvgIpc) is 3.27. The summed E-state index contributed by atoms with van der Waals surface area (Å²) in [6.07, 6.45) is 1.99. The van der Waals surface area contributed by atoms with Gasteiger partial charge in [-0.1, -0.05) is 13.8 Å². The molecule has 0 bridgehead atoms. The summed E-state index contributed by atoms with van der Waals surface area (Å²) >= 11 is 0. The number of methoxy groups -OCH3 is 1. The van der Waals surface area contributed by atoms with Gasteiger partial charge in [-0.05, 0) is 42.7 Å². The first kappa shape index (κ1) is 17.8. The molecule has 142 valence electrons. The third-order valence-corrected chi connectivity index (χ3v) is 4.97. The largest absolute Gasteiger partial charge is 0.497 e. The molecular formula is C21H27N5O. The van der Waals surface area contributed by atoms with Crippen LogP contribution in [-0.4, -0.2) is 38.7 Å². The van der Waals surface area contributed by atoms with Crippen molar-refractivity contribution in [3.8, 4) is 17.1 Å². The number of H-pyrrole nitrogens is 2. The highest BCUT2D eigenvalue weighted by molar-refractivity contribution is 5.57. The van der Waals surface area contributed by atoms with Crippen LogP contribution in [0.1, 0.15) is 36.6 Å². The fourth-order valence-corrected chi connectivity index (χ4v) is 3.62. The predicted molar refractivity (Wildman–Crippen MR) is 106 cm³/mol. The topological polar surface area (TPSA) is 69.8 Å². The lowest BCUT2D eigenvalue weighted by molar-refractivity contribution is 0.238. The molecule has 0 fully saturated rings. The van der Waals surface area contributed by atoms with Crippen molar-refractivity contribution in [3.05, 3.63) is 53.1 Å². The highest BCUT2D eigenvalue weighted by Crippen LogP contribution is 2.25. The Labute approximate surface area is 160 Å². The smallest absolute Gasteiger partial charge is 0.137 e. The average molecular weight is 365 g/mol. The first-order valence-corrected chi connectivity index (χ1v) is 9.58. The minimum atomic E-state index is 0.625. The molecule has 0 atom stereocenters. The molecule has 0 unspecified atom stereocenters. The predicted octanol–water partition coefficient (Wildman–Crippen LogP) is 3.57. The number of aromatic amines is 2. The lowest BCUT2D eigenvalue weighted by atomic mass is 10.1. The summed E-state index contributed by atoms with van der Waals surface area (Å²) in [5.41, 5.74) is 5.82. The van der Waals surface area contributed by atoms with Gasteiger partial charge in [0, 0.05) is 37.3 Å². The molecule has 1 aliphatic rings. The number of fused-ring (bicyclic) bond motifs is 1. The van der Waals surface area contributed by atoms with Gasteiger partial charge in [-0.25, -0.2) is 4.98 Å². The Morgan fingerprint density at radius 2 is 2.04 bits per heavy atom. The van der Waals surface area contributed by atoms with E-state index in [9.17, 15) is 0 Å². The van der Waals surface area contributed by atoms with E-state index in [0.717, 1.165) is 55.3 Å². The second-order valence-corrected chi connectivity index (χ2v) is 7.68. The minimum absolute atomic E-state index is 0.625. The molecule has 6 nitrogen and oxygen atoms in total. The molecule has 3 aromatic rings. The number of nitrogens with zero attached hydrogens (tertiary/aromatic N) is 3. The first-order valence-electron chi connectivity index (χ1n) is 9.58. The Bertz CT molecular complexity index is 894. The number of rotatable bonds is 6. The lowest BCUT2D eigenvalue weighted by Crippen LogP contribution is -2.30. The normalized spacial score (nSPS) is 14.5. The van der Waals surface area contributed by atoms with E-state index >= 15 is 0 Å². The number of aromatic nitrogens is 4. The summed E-state index contributed by atoms with van der Waals surface area (Å²) in [7, 11) is 1.68. The van der Waals surface area contributed by atoms with Gasteiger partial charge in [-0.3, -0.25) is 10.00 Å². The van der Waals surface area contributed by atoms with Gasteiger partial charge in [-0.15, -0.1) is 0 Å². The molecular weight excluding hydrogens is 338 g/mol. The van der Waals surface area contributed by atoms with Crippen LogP contribution in [0.25, 0.3) is 11.4 Å². The monoisotopic (exact) mass is 365 g/mol. The van der Waals surface area contributed by atoms with Gasteiger partial charge in [0.15, 0.2) is 0 Å². The molecule has 1 aromatic carbocycles. The van der Waals surface area contributed by atoms with E-state index in [1.165, 1.54) is 17.1 Å². The molecule has 1 aliphatic heterocycles. The zero-order valence-electron chi connectivity index (χ0n) is 16.2. The highest BCUT2D eigenvalue weighted by Gasteiger charge is 2.21. The van der Waals surface area contributed by atoms with Crippen LogP contribution in [0.5, 0.6) is 5.75 Å². The molecule has 0 radical (unpaired) electrons. The van der Waals surface area contributed by atoms with Crippen LogP contribution >= 0.6 is 0 Å². The Hall–Kier alpha value is -2.60. The summed E-state index contributed by atoms with van der Waals surface area (Å²) in [6, 6.07) is 10.2. The maximum atomic E-state index is 5.23. The van der Waals surface area contributed by atoms with Crippen molar-refractivity contribution in [1.29, 1.82) is 0 Å². The van der Waals surface area contributed by atoms with Crippen molar-refractivity contribution < 1.29 is 4.74 Å². The maximum absolute atomic E-state index is 5.23. The zero-order chi connectivity index (χ0) is 18.8. The standard InChI is InChI=1S/C21H27N5O/c1-14(2)10-16-11-17(25-24-16)12-26-9-8-19-20(13-26)23-21(22-19)15-4-6-18(27-3)7-5-15/h4-7,11,14H,8-10,12-13H2,1-3H3,(H,22,23)(H,24,25). The summed E-state index contributed by atoms with van der Waals surface area (Å²) in [4.78, 5) is 10.8. The molecule has 3 heterocycles. The van der Waals surface area contributed by atoms with E-state index in [1.807, 2.05) is 24.3 Å². The van der Waals surface area contributed by atoms with Gasteiger partial charge in [0.2, 0.25) is 0 Å². The molecule has 0 amide bonds. The molecule has 4 rings (SSSR count). The second-order valence-electron chi connectivity index (χ2n) is 7.68. The van der Waals surface area contributed by atoms with E-state index in [-0.39, 0.29) is 0 Å². The third-order valence-electron chi connectivity index (χ3n) is 4.97. The van der Waals surface area contributed by atoms with Crippen molar-refractivity contribution >= 4 is 0 Å². The summed E-state index contributed by atoms with van der Waals surface area (Å²) in [5, 5.41) is 7.64. The molecule has 0 saturated carbocycles. The lowest BCUT2D eigenvalue weighted by Gasteiger charge is -2.25. The molecule has 0 spiro atoms. The minimum Gasteiger partial charge on any atom is -0.497 e. The maximum Gasteiger partial charge on any atom is 0.137 e. The Kier molecular flexibility index (Phi) is 4.99. The zero-order valence-corrected chi connectivity index (χ0v) is 16.2. The fraction of sp³-hybridized carbons (Fsp3) is 0.429. The number of hydrogen-bond acceptors (Lipinski definition) is 4. The summed E-state index contributed by atoms with van der Waals surface area (Å²) in [6.45, 7) is 7.23. The first-order chi connectivity index (χ1) is 13.1. The summed E-state index contributed by atoms with van der Waals surface area (Å²) < 4.78 is 5.23. The SMILES string of the molecule is COc1ccc(-c2nc3c([nH]2)CN(Cc2cc(CC(C)C)n[nH]2)CC3)cc1. The Morgan fingerprint density at radius 1 is 1.22 bits per heavy atom. The Balaban J connectivity index is 1.43. The molecule has 0 saturated heterocycles. The van der Waals surface area contributed by atoms with Gasteiger partial charge in [0.05, 0.1) is 24.2 Å². The molecule has 0 aliphatic carbocycles. The number of hydrogen-bond donors (Lipinski definition) is 2. The summed E-state index contributed by atoms with van der Waals surface area (Å²) in [5.74, 6) is 2.42. The van der Waals surface area contributed by atoms with Gasteiger partial charge < -0.3 is 9.72 Å². The van der Waals surface area contributed by atoms with Crippen LogP contribution in [0.4, 0.5) is 0 Å². The number of imidazole rings is 1. The van der Waals surface area contributed by atoms with Gasteiger partial charge in [0.25, 0.3) is 0 Å². The van der Waals surface area contributed by atoms with Crippen LogP contribution < -0.4 is 4.74 Å². The van der Waals surface area contributed by atoms with Crippen molar-refractivity contribution in [2.45, 2.75) is 39.8 Å². The van der Waals surface area contributed by atoms with Gasteiger partial charge >= 0.3 is 0 Å². The van der Waals surface area contributed by atoms with Crippen molar-refractivity contribution in [3.63, 3.8) is 0 Å². The van der Waals surface area contributed by atoms with Crippen LogP contribution in [-0.2, 0) is 25.9 Å². The van der Waals surface area contributed by atoms with E-state index in [1.54, 1.807) is 7.11 Å². The van der Waals surface area contributed by atoms with Gasteiger partial charge in [-0.2, -0.15) is 5.10 Å². The highest BCUT2D eigenvalue weighted by atomic mass is 16.5. The number of nitrogens with one attached hydrogen (secondary N) is 2. The van der Waals surface area contributed by atoms with Crippen molar-refractivity contribution in [2.24, 2.45) is 5.92 Å². The van der Waals surface area contributed by atoms with Gasteiger partial charge in [0.1, 0.15) is 11.6 Å². The van der Waals surface area contributed by atoms with E-state index in [2.05, 4.69) is 40.0 Å². The van der Waals surface area contributed by atoms with Crippen molar-refractivity contribution in [2.75, 3.05) is 13.7 Å².